The molecule has 2 aromatic carbocycles. The Morgan fingerprint density at radius 1 is 1.00 bits per heavy atom. The van der Waals surface area contributed by atoms with Gasteiger partial charge >= 0.3 is 5.97 Å². The van der Waals surface area contributed by atoms with Crippen LogP contribution in [0, 0.1) is 3.57 Å². The smallest absolute Gasteiger partial charge is 0.320 e. The summed E-state index contributed by atoms with van der Waals surface area (Å²) in [4.78, 5) is 23.0. The van der Waals surface area contributed by atoms with E-state index >= 15 is 0 Å². The average molecular weight is 395 g/mol. The lowest BCUT2D eigenvalue weighted by molar-refractivity contribution is -0.138. The van der Waals surface area contributed by atoms with Crippen LogP contribution >= 0.6 is 22.6 Å². The Morgan fingerprint density at radius 3 is 1.95 bits per heavy atom. The number of benzene rings is 2. The molecule has 0 aliphatic heterocycles. The van der Waals surface area contributed by atoms with Crippen molar-refractivity contribution in [2.75, 3.05) is 0 Å². The second-order valence-electron chi connectivity index (χ2n) is 4.68. The zero-order valence-electron chi connectivity index (χ0n) is 11.1. The van der Waals surface area contributed by atoms with Crippen molar-refractivity contribution in [2.24, 2.45) is 5.73 Å². The fourth-order valence-electron chi connectivity index (χ4n) is 1.90. The van der Waals surface area contributed by atoms with E-state index in [2.05, 4.69) is 22.6 Å². The molecule has 0 spiro atoms. The van der Waals surface area contributed by atoms with Crippen molar-refractivity contribution < 1.29 is 14.7 Å². The first-order valence-electron chi connectivity index (χ1n) is 6.35. The summed E-state index contributed by atoms with van der Waals surface area (Å²) < 4.78 is 1.07. The lowest BCUT2D eigenvalue weighted by Gasteiger charge is -2.07. The van der Waals surface area contributed by atoms with Crippen molar-refractivity contribution in [1.29, 1.82) is 0 Å². The van der Waals surface area contributed by atoms with Crippen molar-refractivity contribution >= 4 is 34.3 Å². The maximum Gasteiger partial charge on any atom is 0.320 e. The van der Waals surface area contributed by atoms with Gasteiger partial charge in [-0.3, -0.25) is 9.59 Å². The molecule has 0 fully saturated rings. The van der Waals surface area contributed by atoms with Crippen LogP contribution in [0.3, 0.4) is 0 Å². The lowest BCUT2D eigenvalue weighted by Crippen LogP contribution is -2.32. The number of carbonyl (C=O) groups excluding carboxylic acids is 1. The summed E-state index contributed by atoms with van der Waals surface area (Å²) in [6, 6.07) is 13.3. The first kappa shape index (κ1) is 15.7. The van der Waals surface area contributed by atoms with E-state index < -0.39 is 12.0 Å². The number of hydrogen-bond donors (Lipinski definition) is 2. The first-order chi connectivity index (χ1) is 9.97. The Morgan fingerprint density at radius 2 is 1.48 bits per heavy atom. The van der Waals surface area contributed by atoms with Gasteiger partial charge in [0, 0.05) is 14.7 Å². The molecule has 0 unspecified atom stereocenters. The SMILES string of the molecule is N[C@@H](Cc1ccc(C(=O)c2ccc(I)cc2)cc1)C(=O)O. The predicted molar refractivity (Wildman–Crippen MR) is 88.3 cm³/mol. The summed E-state index contributed by atoms with van der Waals surface area (Å²) >= 11 is 2.18. The number of carboxylic acids is 1. The monoisotopic (exact) mass is 395 g/mol. The maximum absolute atomic E-state index is 12.3. The molecule has 0 heterocycles. The van der Waals surface area contributed by atoms with E-state index in [1.165, 1.54) is 0 Å². The topological polar surface area (TPSA) is 80.4 Å². The van der Waals surface area contributed by atoms with Crippen LogP contribution in [0.4, 0.5) is 0 Å². The van der Waals surface area contributed by atoms with E-state index in [9.17, 15) is 9.59 Å². The summed E-state index contributed by atoms with van der Waals surface area (Å²) in [6.07, 6.45) is 0.243. The van der Waals surface area contributed by atoms with Crippen LogP contribution in [-0.2, 0) is 11.2 Å². The molecule has 108 valence electrons. The average Bonchev–Trinajstić information content (AvgIpc) is 2.48. The first-order valence-corrected chi connectivity index (χ1v) is 7.43. The van der Waals surface area contributed by atoms with Crippen LogP contribution in [0.2, 0.25) is 0 Å². The summed E-state index contributed by atoms with van der Waals surface area (Å²) in [6.45, 7) is 0. The summed E-state index contributed by atoms with van der Waals surface area (Å²) in [7, 11) is 0. The fourth-order valence-corrected chi connectivity index (χ4v) is 2.26. The van der Waals surface area contributed by atoms with Gasteiger partial charge in [0.25, 0.3) is 0 Å². The Hall–Kier alpha value is -1.73. The number of ketones is 1. The van der Waals surface area contributed by atoms with Crippen molar-refractivity contribution in [3.8, 4) is 0 Å². The molecule has 4 nitrogen and oxygen atoms in total. The molecule has 1 atom stereocenters. The molecule has 2 rings (SSSR count). The van der Waals surface area contributed by atoms with Crippen LogP contribution < -0.4 is 5.73 Å². The van der Waals surface area contributed by atoms with E-state index in [1.807, 2.05) is 12.1 Å². The van der Waals surface area contributed by atoms with E-state index in [0.717, 1.165) is 9.13 Å². The Kier molecular flexibility index (Phi) is 5.08. The molecule has 0 aliphatic carbocycles. The summed E-state index contributed by atoms with van der Waals surface area (Å²) in [5.74, 6) is -1.09. The highest BCUT2D eigenvalue weighted by Gasteiger charge is 2.13. The van der Waals surface area contributed by atoms with E-state index in [-0.39, 0.29) is 12.2 Å². The number of carboxylic acid groups (broad SMARTS) is 1. The third-order valence-electron chi connectivity index (χ3n) is 3.10. The van der Waals surface area contributed by atoms with Gasteiger partial charge in [-0.1, -0.05) is 24.3 Å². The van der Waals surface area contributed by atoms with Crippen molar-refractivity contribution in [1.82, 2.24) is 0 Å². The number of rotatable bonds is 5. The van der Waals surface area contributed by atoms with E-state index in [4.69, 9.17) is 10.8 Å². The van der Waals surface area contributed by atoms with Crippen LogP contribution in [0.15, 0.2) is 48.5 Å². The van der Waals surface area contributed by atoms with Gasteiger partial charge in [0.05, 0.1) is 0 Å². The largest absolute Gasteiger partial charge is 0.480 e. The Balaban J connectivity index is 2.13. The van der Waals surface area contributed by atoms with Gasteiger partial charge < -0.3 is 10.8 Å². The third kappa shape index (κ3) is 4.12. The maximum atomic E-state index is 12.3. The predicted octanol–water partition coefficient (Wildman–Crippen LogP) is 2.48. The molecular formula is C16H14INO3. The molecule has 5 heteroatoms. The van der Waals surface area contributed by atoms with Crippen LogP contribution in [0.1, 0.15) is 21.5 Å². The van der Waals surface area contributed by atoms with Gasteiger partial charge in [0.15, 0.2) is 5.78 Å². The minimum atomic E-state index is -1.03. The van der Waals surface area contributed by atoms with Crippen LogP contribution in [0.5, 0.6) is 0 Å². The second kappa shape index (κ2) is 6.82. The molecule has 0 amide bonds. The van der Waals surface area contributed by atoms with Gasteiger partial charge in [-0.25, -0.2) is 0 Å². The number of halogens is 1. The minimum Gasteiger partial charge on any atom is -0.480 e. The van der Waals surface area contributed by atoms with Gasteiger partial charge in [-0.15, -0.1) is 0 Å². The highest BCUT2D eigenvalue weighted by molar-refractivity contribution is 14.1. The molecule has 0 saturated heterocycles. The lowest BCUT2D eigenvalue weighted by atomic mass is 10.00. The normalized spacial score (nSPS) is 11.9. The second-order valence-corrected chi connectivity index (χ2v) is 5.93. The Bertz CT molecular complexity index is 650. The highest BCUT2D eigenvalue weighted by atomic mass is 127. The van der Waals surface area contributed by atoms with E-state index in [0.29, 0.717) is 11.1 Å². The van der Waals surface area contributed by atoms with E-state index in [1.54, 1.807) is 36.4 Å². The molecular weight excluding hydrogens is 381 g/mol. The van der Waals surface area contributed by atoms with Gasteiger partial charge in [0.1, 0.15) is 6.04 Å². The van der Waals surface area contributed by atoms with Crippen LogP contribution in [0.25, 0.3) is 0 Å². The Labute approximate surface area is 136 Å². The quantitative estimate of drug-likeness (QED) is 0.602. The van der Waals surface area contributed by atoms with Crippen molar-refractivity contribution in [2.45, 2.75) is 12.5 Å². The molecule has 21 heavy (non-hydrogen) atoms. The zero-order chi connectivity index (χ0) is 15.4. The molecule has 0 aliphatic rings. The molecule has 0 bridgehead atoms. The molecule has 0 radical (unpaired) electrons. The molecule has 0 aromatic heterocycles. The fraction of sp³-hybridized carbons (Fsp3) is 0.125. The standard InChI is InChI=1S/C16H14INO3/c17-13-7-5-12(6-8-13)15(19)11-3-1-10(2-4-11)9-14(18)16(20)21/h1-8,14H,9,18H2,(H,20,21)/t14-/m0/s1. The highest BCUT2D eigenvalue weighted by Crippen LogP contribution is 2.14. The minimum absolute atomic E-state index is 0.0551. The summed E-state index contributed by atoms with van der Waals surface area (Å²) in [5, 5.41) is 8.78. The van der Waals surface area contributed by atoms with Crippen molar-refractivity contribution in [3.63, 3.8) is 0 Å². The van der Waals surface area contributed by atoms with Gasteiger partial charge in [-0.05, 0) is 58.8 Å². The number of nitrogens with two attached hydrogens (primary N) is 1. The molecule has 0 saturated carbocycles. The molecule has 2 aromatic rings. The zero-order valence-corrected chi connectivity index (χ0v) is 13.3. The number of aliphatic carboxylic acids is 1. The molecule has 3 N–H and O–H groups in total. The third-order valence-corrected chi connectivity index (χ3v) is 3.81. The van der Waals surface area contributed by atoms with Crippen LogP contribution in [-0.4, -0.2) is 22.9 Å². The number of hydrogen-bond acceptors (Lipinski definition) is 3. The summed E-state index contributed by atoms with van der Waals surface area (Å²) in [5.41, 5.74) is 7.48. The van der Waals surface area contributed by atoms with Crippen molar-refractivity contribution in [3.05, 3.63) is 68.8 Å². The number of carbonyl (C=O) groups is 2. The van der Waals surface area contributed by atoms with Gasteiger partial charge in [0.2, 0.25) is 0 Å². The van der Waals surface area contributed by atoms with Gasteiger partial charge in [-0.2, -0.15) is 0 Å².